The number of ether oxygens (including phenoxy) is 2. The van der Waals surface area contributed by atoms with Gasteiger partial charge < -0.3 is 9.47 Å². The molecule has 158 valence electrons. The number of carbonyl (C=O) groups excluding carboxylic acids is 1. The van der Waals surface area contributed by atoms with Gasteiger partial charge in [-0.3, -0.25) is 10.1 Å². The lowest BCUT2D eigenvalue weighted by Gasteiger charge is -2.12. The normalized spacial score (nSPS) is 11.2. The summed E-state index contributed by atoms with van der Waals surface area (Å²) in [6.45, 7) is 7.12. The molecule has 0 saturated carbocycles. The Labute approximate surface area is 181 Å². The van der Waals surface area contributed by atoms with E-state index in [1.807, 2.05) is 18.2 Å². The standard InChI is InChI=1S/C21H29N3O3S2/c1-5-6-13-28-21-24-23-20(29-21)22-19(25)10-8-16-7-9-17(18(14-16)26-4)27-12-11-15(2)3/h7-10,14-15H,5-6,11-13H2,1-4H3,(H,22,23,25)/b10-8+. The fraction of sp³-hybridized carbons (Fsp3) is 0.476. The fourth-order valence-corrected chi connectivity index (χ4v) is 4.16. The summed E-state index contributed by atoms with van der Waals surface area (Å²) in [5.41, 5.74) is 0.848. The Kier molecular flexibility index (Phi) is 10.0. The largest absolute Gasteiger partial charge is 0.493 e. The number of unbranched alkanes of at least 4 members (excludes halogenated alkanes) is 1. The van der Waals surface area contributed by atoms with Crippen LogP contribution in [-0.2, 0) is 4.79 Å². The molecule has 0 unspecified atom stereocenters. The zero-order valence-corrected chi connectivity index (χ0v) is 19.1. The fourth-order valence-electron chi connectivity index (χ4n) is 2.25. The number of aromatic nitrogens is 2. The summed E-state index contributed by atoms with van der Waals surface area (Å²) >= 11 is 3.05. The van der Waals surface area contributed by atoms with Crippen LogP contribution < -0.4 is 14.8 Å². The van der Waals surface area contributed by atoms with Crippen molar-refractivity contribution >= 4 is 40.2 Å². The minimum Gasteiger partial charge on any atom is -0.493 e. The van der Waals surface area contributed by atoms with Crippen molar-refractivity contribution in [3.63, 3.8) is 0 Å². The minimum atomic E-state index is -0.248. The molecule has 0 fully saturated rings. The van der Waals surface area contributed by atoms with E-state index in [2.05, 4.69) is 36.3 Å². The molecule has 29 heavy (non-hydrogen) atoms. The van der Waals surface area contributed by atoms with Crippen LogP contribution >= 0.6 is 23.1 Å². The molecule has 1 amide bonds. The Hall–Kier alpha value is -2.06. The molecular formula is C21H29N3O3S2. The zero-order chi connectivity index (χ0) is 21.1. The monoisotopic (exact) mass is 435 g/mol. The first-order valence-electron chi connectivity index (χ1n) is 9.78. The second kappa shape index (κ2) is 12.5. The molecule has 1 aromatic heterocycles. The number of hydrogen-bond donors (Lipinski definition) is 1. The highest BCUT2D eigenvalue weighted by Crippen LogP contribution is 2.29. The minimum absolute atomic E-state index is 0.248. The quantitative estimate of drug-likeness (QED) is 0.205. The molecule has 1 aromatic carbocycles. The van der Waals surface area contributed by atoms with Gasteiger partial charge in [-0.05, 0) is 42.5 Å². The Morgan fingerprint density at radius 2 is 2.14 bits per heavy atom. The molecule has 0 radical (unpaired) electrons. The van der Waals surface area contributed by atoms with Gasteiger partial charge in [0.05, 0.1) is 13.7 Å². The summed E-state index contributed by atoms with van der Waals surface area (Å²) in [4.78, 5) is 12.2. The van der Waals surface area contributed by atoms with Gasteiger partial charge in [0.1, 0.15) is 0 Å². The molecule has 1 N–H and O–H groups in total. The molecule has 0 aliphatic heterocycles. The van der Waals surface area contributed by atoms with Crippen LogP contribution in [0.4, 0.5) is 5.13 Å². The van der Waals surface area contributed by atoms with E-state index in [1.165, 1.54) is 17.4 Å². The molecule has 1 heterocycles. The molecule has 0 atom stereocenters. The molecule has 0 bridgehead atoms. The molecule has 0 aliphatic carbocycles. The molecule has 2 aromatic rings. The van der Waals surface area contributed by atoms with Gasteiger partial charge in [0, 0.05) is 11.8 Å². The van der Waals surface area contributed by atoms with E-state index in [-0.39, 0.29) is 5.91 Å². The van der Waals surface area contributed by atoms with Crippen LogP contribution in [-0.4, -0.2) is 35.6 Å². The van der Waals surface area contributed by atoms with E-state index in [1.54, 1.807) is 24.9 Å². The van der Waals surface area contributed by atoms with Crippen LogP contribution in [0.3, 0.4) is 0 Å². The third kappa shape index (κ3) is 8.45. The van der Waals surface area contributed by atoms with Crippen molar-refractivity contribution < 1.29 is 14.3 Å². The summed E-state index contributed by atoms with van der Waals surface area (Å²) in [5.74, 6) is 2.70. The van der Waals surface area contributed by atoms with Crippen molar-refractivity contribution in [1.29, 1.82) is 0 Å². The molecule has 8 heteroatoms. The molecule has 6 nitrogen and oxygen atoms in total. The third-order valence-corrected chi connectivity index (χ3v) is 5.99. The number of benzene rings is 1. The first-order valence-corrected chi connectivity index (χ1v) is 11.6. The van der Waals surface area contributed by atoms with E-state index in [0.717, 1.165) is 34.9 Å². The van der Waals surface area contributed by atoms with E-state index in [4.69, 9.17) is 9.47 Å². The van der Waals surface area contributed by atoms with Gasteiger partial charge >= 0.3 is 0 Å². The highest BCUT2D eigenvalue weighted by molar-refractivity contribution is 8.01. The first kappa shape index (κ1) is 23.2. The van der Waals surface area contributed by atoms with Gasteiger partial charge in [-0.2, -0.15) is 0 Å². The smallest absolute Gasteiger partial charge is 0.250 e. The van der Waals surface area contributed by atoms with Crippen LogP contribution in [0, 0.1) is 5.92 Å². The summed E-state index contributed by atoms with van der Waals surface area (Å²) in [5, 5.41) is 11.4. The second-order valence-corrected chi connectivity index (χ2v) is 9.16. The van der Waals surface area contributed by atoms with Gasteiger partial charge in [0.2, 0.25) is 11.0 Å². The van der Waals surface area contributed by atoms with Crippen molar-refractivity contribution in [3.8, 4) is 11.5 Å². The number of hydrogen-bond acceptors (Lipinski definition) is 7. The lowest BCUT2D eigenvalue weighted by atomic mass is 10.1. The van der Waals surface area contributed by atoms with Gasteiger partial charge in [-0.15, -0.1) is 10.2 Å². The average Bonchev–Trinajstić information content (AvgIpc) is 3.14. The lowest BCUT2D eigenvalue weighted by Crippen LogP contribution is -2.07. The van der Waals surface area contributed by atoms with E-state index < -0.39 is 0 Å². The summed E-state index contributed by atoms with van der Waals surface area (Å²) in [6.07, 6.45) is 6.47. The van der Waals surface area contributed by atoms with Crippen LogP contribution in [0.25, 0.3) is 6.08 Å². The number of nitrogens with one attached hydrogen (secondary N) is 1. The maximum Gasteiger partial charge on any atom is 0.250 e. The van der Waals surface area contributed by atoms with Gasteiger partial charge in [0.25, 0.3) is 0 Å². The number of nitrogens with zero attached hydrogens (tertiary/aromatic N) is 2. The maximum atomic E-state index is 12.2. The van der Waals surface area contributed by atoms with Crippen LogP contribution in [0.15, 0.2) is 28.6 Å². The number of methoxy groups -OCH3 is 1. The van der Waals surface area contributed by atoms with E-state index in [0.29, 0.717) is 29.2 Å². The highest BCUT2D eigenvalue weighted by Gasteiger charge is 2.08. The van der Waals surface area contributed by atoms with Gasteiger partial charge in [0.15, 0.2) is 15.8 Å². The van der Waals surface area contributed by atoms with E-state index in [9.17, 15) is 4.79 Å². The molecule has 2 rings (SSSR count). The molecule has 0 spiro atoms. The number of amides is 1. The second-order valence-electron chi connectivity index (χ2n) is 6.84. The number of rotatable bonds is 12. The van der Waals surface area contributed by atoms with Gasteiger partial charge in [-0.25, -0.2) is 0 Å². The average molecular weight is 436 g/mol. The number of anilines is 1. The predicted octanol–water partition coefficient (Wildman–Crippen LogP) is 5.52. The Balaban J connectivity index is 1.90. The topological polar surface area (TPSA) is 73.3 Å². The van der Waals surface area contributed by atoms with Crippen LogP contribution in [0.1, 0.15) is 45.6 Å². The molecule has 0 saturated heterocycles. The number of thioether (sulfide) groups is 1. The van der Waals surface area contributed by atoms with Gasteiger partial charge in [-0.1, -0.05) is 56.4 Å². The third-order valence-electron chi connectivity index (χ3n) is 3.93. The Bertz CT molecular complexity index is 806. The molecule has 0 aliphatic rings. The Morgan fingerprint density at radius 3 is 2.86 bits per heavy atom. The summed E-state index contributed by atoms with van der Waals surface area (Å²) in [7, 11) is 1.61. The zero-order valence-electron chi connectivity index (χ0n) is 17.4. The van der Waals surface area contributed by atoms with Crippen LogP contribution in [0.2, 0.25) is 0 Å². The summed E-state index contributed by atoms with van der Waals surface area (Å²) < 4.78 is 12.1. The van der Waals surface area contributed by atoms with Crippen molar-refractivity contribution in [1.82, 2.24) is 10.2 Å². The van der Waals surface area contributed by atoms with Crippen LogP contribution in [0.5, 0.6) is 11.5 Å². The van der Waals surface area contributed by atoms with Crippen molar-refractivity contribution in [3.05, 3.63) is 29.8 Å². The number of carbonyl (C=O) groups is 1. The van der Waals surface area contributed by atoms with Crippen molar-refractivity contribution in [2.24, 2.45) is 5.92 Å². The molecular weight excluding hydrogens is 406 g/mol. The SMILES string of the molecule is CCCCSc1nnc(NC(=O)/C=C/c2ccc(OCCC(C)C)c(OC)c2)s1. The van der Waals surface area contributed by atoms with Crippen molar-refractivity contribution in [2.75, 3.05) is 24.8 Å². The maximum absolute atomic E-state index is 12.2. The lowest BCUT2D eigenvalue weighted by molar-refractivity contribution is -0.111. The predicted molar refractivity (Wildman–Crippen MR) is 121 cm³/mol. The van der Waals surface area contributed by atoms with Crippen molar-refractivity contribution in [2.45, 2.75) is 44.4 Å². The first-order chi connectivity index (χ1) is 14.0. The Morgan fingerprint density at radius 1 is 1.31 bits per heavy atom. The summed E-state index contributed by atoms with van der Waals surface area (Å²) in [6, 6.07) is 5.60. The van der Waals surface area contributed by atoms with E-state index >= 15 is 0 Å². The highest BCUT2D eigenvalue weighted by atomic mass is 32.2.